The van der Waals surface area contributed by atoms with Gasteiger partial charge in [0.15, 0.2) is 0 Å². The summed E-state index contributed by atoms with van der Waals surface area (Å²) in [5, 5.41) is 0.820. The van der Waals surface area contributed by atoms with Gasteiger partial charge in [-0.2, -0.15) is 0 Å². The van der Waals surface area contributed by atoms with Crippen molar-refractivity contribution in [2.24, 2.45) is 0 Å². The minimum absolute atomic E-state index is 0.393. The van der Waals surface area contributed by atoms with E-state index in [0.717, 1.165) is 0 Å². The summed E-state index contributed by atoms with van der Waals surface area (Å²) in [6.45, 7) is 0. The Hall–Kier alpha value is -1.19. The van der Waals surface area contributed by atoms with Crippen LogP contribution in [0.5, 0.6) is 0 Å². The van der Waals surface area contributed by atoms with Gasteiger partial charge in [0.1, 0.15) is 0 Å². The molecular weight excluding hydrogens is 237 g/mol. The second kappa shape index (κ2) is 5.05. The molecular formula is C10H9Cl2NO2. The minimum atomic E-state index is -0.459. The lowest BCUT2D eigenvalue weighted by Crippen LogP contribution is -1.93. The predicted octanol–water partition coefficient (Wildman–Crippen LogP) is 2.76. The first kappa shape index (κ1) is 11.9. The number of ether oxygens (including phenoxy) is 1. The lowest BCUT2D eigenvalue weighted by molar-refractivity contribution is -0.134. The van der Waals surface area contributed by atoms with Crippen LogP contribution in [0.25, 0.3) is 6.08 Å². The van der Waals surface area contributed by atoms with Crippen LogP contribution in [-0.4, -0.2) is 13.1 Å². The van der Waals surface area contributed by atoms with E-state index in [1.54, 1.807) is 6.07 Å². The van der Waals surface area contributed by atoms with Crippen molar-refractivity contribution in [2.45, 2.75) is 0 Å². The fourth-order valence-electron chi connectivity index (χ4n) is 0.931. The summed E-state index contributed by atoms with van der Waals surface area (Å²) in [4.78, 5) is 10.8. The third kappa shape index (κ3) is 3.15. The van der Waals surface area contributed by atoms with Crippen molar-refractivity contribution in [2.75, 3.05) is 12.8 Å². The normalized spacial score (nSPS) is 10.6. The molecule has 0 heterocycles. The highest BCUT2D eigenvalue weighted by molar-refractivity contribution is 6.36. The Balaban J connectivity index is 3.00. The van der Waals surface area contributed by atoms with Crippen LogP contribution in [0.4, 0.5) is 5.69 Å². The summed E-state index contributed by atoms with van der Waals surface area (Å²) in [6, 6.07) is 3.11. The van der Waals surface area contributed by atoms with E-state index in [4.69, 9.17) is 28.9 Å². The van der Waals surface area contributed by atoms with E-state index in [0.29, 0.717) is 21.3 Å². The van der Waals surface area contributed by atoms with Gasteiger partial charge >= 0.3 is 5.97 Å². The molecule has 5 heteroatoms. The van der Waals surface area contributed by atoms with E-state index < -0.39 is 5.97 Å². The first-order valence-electron chi connectivity index (χ1n) is 4.05. The molecule has 0 bridgehead atoms. The number of methoxy groups -OCH3 is 1. The molecule has 0 unspecified atom stereocenters. The van der Waals surface area contributed by atoms with E-state index in [1.165, 1.54) is 25.3 Å². The highest BCUT2D eigenvalue weighted by atomic mass is 35.5. The Morgan fingerprint density at radius 1 is 1.40 bits per heavy atom. The molecule has 0 aromatic heterocycles. The summed E-state index contributed by atoms with van der Waals surface area (Å²) in [5.41, 5.74) is 6.55. The molecule has 1 rings (SSSR count). The smallest absolute Gasteiger partial charge is 0.330 e. The van der Waals surface area contributed by atoms with E-state index in [9.17, 15) is 4.79 Å². The predicted molar refractivity (Wildman–Crippen MR) is 61.9 cm³/mol. The number of anilines is 1. The van der Waals surface area contributed by atoms with Crippen molar-refractivity contribution in [3.63, 3.8) is 0 Å². The van der Waals surface area contributed by atoms with Crippen LogP contribution in [0, 0.1) is 0 Å². The summed E-state index contributed by atoms with van der Waals surface area (Å²) in [6.07, 6.45) is 2.77. The van der Waals surface area contributed by atoms with Crippen LogP contribution in [-0.2, 0) is 9.53 Å². The average Bonchev–Trinajstić information content (AvgIpc) is 2.21. The second-order valence-electron chi connectivity index (χ2n) is 2.75. The Morgan fingerprint density at radius 3 is 2.67 bits per heavy atom. The van der Waals surface area contributed by atoms with Crippen LogP contribution in [0.3, 0.4) is 0 Å². The van der Waals surface area contributed by atoms with Gasteiger partial charge in [0.2, 0.25) is 0 Å². The maximum atomic E-state index is 10.8. The summed E-state index contributed by atoms with van der Waals surface area (Å²) < 4.78 is 4.44. The second-order valence-corrected chi connectivity index (χ2v) is 3.57. The Morgan fingerprint density at radius 2 is 2.07 bits per heavy atom. The molecule has 0 aliphatic carbocycles. The fourth-order valence-corrected chi connectivity index (χ4v) is 1.34. The molecule has 0 spiro atoms. The zero-order chi connectivity index (χ0) is 11.4. The first-order chi connectivity index (χ1) is 7.04. The summed E-state index contributed by atoms with van der Waals surface area (Å²) in [5.74, 6) is -0.459. The zero-order valence-corrected chi connectivity index (χ0v) is 9.47. The number of carbonyl (C=O) groups excluding carboxylic acids is 1. The number of benzene rings is 1. The van der Waals surface area contributed by atoms with Gasteiger partial charge in [-0.1, -0.05) is 23.2 Å². The molecule has 15 heavy (non-hydrogen) atoms. The third-order valence-electron chi connectivity index (χ3n) is 1.72. The van der Waals surface area contributed by atoms with Gasteiger partial charge in [-0.15, -0.1) is 0 Å². The minimum Gasteiger partial charge on any atom is -0.466 e. The number of carbonyl (C=O) groups is 1. The third-order valence-corrected chi connectivity index (χ3v) is 2.37. The molecule has 0 radical (unpaired) electrons. The molecule has 0 saturated carbocycles. The fraction of sp³-hybridized carbons (Fsp3) is 0.100. The Bertz CT molecular complexity index is 416. The molecule has 3 nitrogen and oxygen atoms in total. The molecule has 0 amide bonds. The number of hydrogen-bond acceptors (Lipinski definition) is 3. The van der Waals surface area contributed by atoms with Crippen LogP contribution in [0.15, 0.2) is 18.2 Å². The molecule has 1 aromatic carbocycles. The van der Waals surface area contributed by atoms with Gasteiger partial charge in [0.25, 0.3) is 0 Å². The van der Waals surface area contributed by atoms with Gasteiger partial charge in [0, 0.05) is 11.1 Å². The molecule has 0 saturated heterocycles. The molecule has 0 aliphatic rings. The van der Waals surface area contributed by atoms with Crippen molar-refractivity contribution in [3.8, 4) is 0 Å². The topological polar surface area (TPSA) is 52.3 Å². The van der Waals surface area contributed by atoms with Crippen LogP contribution >= 0.6 is 23.2 Å². The standard InChI is InChI=1S/C10H9Cl2NO2/c1-15-10(14)3-2-6-4-8(12)9(13)5-7(6)11/h2-5H,13H2,1H3. The highest BCUT2D eigenvalue weighted by Crippen LogP contribution is 2.27. The zero-order valence-electron chi connectivity index (χ0n) is 7.96. The lowest BCUT2D eigenvalue weighted by atomic mass is 10.2. The van der Waals surface area contributed by atoms with E-state index in [2.05, 4.69) is 4.74 Å². The number of hydrogen-bond donors (Lipinski definition) is 1. The quantitative estimate of drug-likeness (QED) is 0.496. The maximum Gasteiger partial charge on any atom is 0.330 e. The Labute approximate surface area is 97.4 Å². The molecule has 1 aromatic rings. The van der Waals surface area contributed by atoms with Gasteiger partial charge in [-0.25, -0.2) is 4.79 Å². The summed E-state index contributed by atoms with van der Waals surface area (Å²) in [7, 11) is 1.30. The summed E-state index contributed by atoms with van der Waals surface area (Å²) >= 11 is 11.7. The largest absolute Gasteiger partial charge is 0.466 e. The number of halogens is 2. The Kier molecular flexibility index (Phi) is 4.00. The average molecular weight is 246 g/mol. The monoisotopic (exact) mass is 245 g/mol. The van der Waals surface area contributed by atoms with Crippen LogP contribution in [0.1, 0.15) is 5.56 Å². The molecule has 0 atom stereocenters. The van der Waals surface area contributed by atoms with Crippen molar-refractivity contribution in [3.05, 3.63) is 33.8 Å². The van der Waals surface area contributed by atoms with E-state index >= 15 is 0 Å². The lowest BCUT2D eigenvalue weighted by Gasteiger charge is -2.02. The number of nitrogen functional groups attached to an aromatic ring is 1. The van der Waals surface area contributed by atoms with Crippen molar-refractivity contribution >= 4 is 40.9 Å². The van der Waals surface area contributed by atoms with Crippen molar-refractivity contribution in [1.29, 1.82) is 0 Å². The molecule has 0 aliphatic heterocycles. The van der Waals surface area contributed by atoms with Gasteiger partial charge in [0.05, 0.1) is 17.8 Å². The number of rotatable bonds is 2. The van der Waals surface area contributed by atoms with Crippen LogP contribution < -0.4 is 5.73 Å². The SMILES string of the molecule is COC(=O)C=Cc1cc(Cl)c(N)cc1Cl. The first-order valence-corrected chi connectivity index (χ1v) is 4.80. The van der Waals surface area contributed by atoms with E-state index in [-0.39, 0.29) is 0 Å². The number of nitrogens with two attached hydrogens (primary N) is 1. The van der Waals surface area contributed by atoms with Crippen molar-refractivity contribution in [1.82, 2.24) is 0 Å². The highest BCUT2D eigenvalue weighted by Gasteiger charge is 2.03. The molecule has 0 fully saturated rings. The van der Waals surface area contributed by atoms with Crippen LogP contribution in [0.2, 0.25) is 10.0 Å². The van der Waals surface area contributed by atoms with Gasteiger partial charge < -0.3 is 10.5 Å². The van der Waals surface area contributed by atoms with Gasteiger partial charge in [-0.3, -0.25) is 0 Å². The maximum absolute atomic E-state index is 10.8. The van der Waals surface area contributed by atoms with Crippen molar-refractivity contribution < 1.29 is 9.53 Å². The van der Waals surface area contributed by atoms with Gasteiger partial charge in [-0.05, 0) is 23.8 Å². The molecule has 80 valence electrons. The molecule has 2 N–H and O–H groups in total. The van der Waals surface area contributed by atoms with E-state index in [1.807, 2.05) is 0 Å². The number of esters is 1.